The van der Waals surface area contributed by atoms with Crippen molar-refractivity contribution in [3.63, 3.8) is 0 Å². The van der Waals surface area contributed by atoms with E-state index in [1.165, 1.54) is 0 Å². The van der Waals surface area contributed by atoms with Crippen LogP contribution in [0, 0.1) is 11.9 Å². The highest BCUT2D eigenvalue weighted by atomic mass is 19.1. The smallest absolute Gasteiger partial charge is 0.228 e. The van der Waals surface area contributed by atoms with E-state index in [1.807, 2.05) is 32.2 Å². The third kappa shape index (κ3) is 2.58. The zero-order chi connectivity index (χ0) is 17.7. The summed E-state index contributed by atoms with van der Waals surface area (Å²) in [6.45, 7) is 4.75. The molecule has 2 N–H and O–H groups in total. The Balaban J connectivity index is 1.78. The maximum Gasteiger partial charge on any atom is 0.228 e. The lowest BCUT2D eigenvalue weighted by atomic mass is 9.79. The van der Waals surface area contributed by atoms with Gasteiger partial charge in [0, 0.05) is 35.1 Å². The molecule has 2 aromatic rings. The van der Waals surface area contributed by atoms with Gasteiger partial charge in [-0.1, -0.05) is 25.1 Å². The Labute approximate surface area is 147 Å². The van der Waals surface area contributed by atoms with Crippen molar-refractivity contribution in [2.75, 3.05) is 13.6 Å². The molecular formula is C20H24FN3O. The van der Waals surface area contributed by atoms with Crippen LogP contribution in [0.3, 0.4) is 0 Å². The molecule has 2 heterocycles. The molecular weight excluding hydrogens is 317 g/mol. The number of amides is 1. The molecule has 1 amide bonds. The second kappa shape index (κ2) is 5.99. The summed E-state index contributed by atoms with van der Waals surface area (Å²) in [5, 5.41) is 4.06. The van der Waals surface area contributed by atoms with E-state index in [0.29, 0.717) is 13.0 Å². The Morgan fingerprint density at radius 3 is 3.04 bits per heavy atom. The molecule has 132 valence electrons. The minimum atomic E-state index is -0.230. The monoisotopic (exact) mass is 341 g/mol. The van der Waals surface area contributed by atoms with Gasteiger partial charge in [-0.2, -0.15) is 4.39 Å². The van der Waals surface area contributed by atoms with Crippen LogP contribution >= 0.6 is 0 Å². The van der Waals surface area contributed by atoms with Crippen molar-refractivity contribution >= 4 is 22.4 Å². The van der Waals surface area contributed by atoms with Gasteiger partial charge < -0.3 is 10.3 Å². The molecule has 0 radical (unpaired) electrons. The van der Waals surface area contributed by atoms with Crippen LogP contribution < -0.4 is 5.32 Å². The normalized spacial score (nSPS) is 23.9. The van der Waals surface area contributed by atoms with E-state index < -0.39 is 0 Å². The van der Waals surface area contributed by atoms with Crippen LogP contribution in [0.25, 0.3) is 16.5 Å². The maximum atomic E-state index is 14.3. The van der Waals surface area contributed by atoms with Gasteiger partial charge in [-0.3, -0.25) is 9.69 Å². The maximum absolute atomic E-state index is 14.3. The van der Waals surface area contributed by atoms with E-state index in [1.54, 1.807) is 0 Å². The lowest BCUT2D eigenvalue weighted by Crippen LogP contribution is -2.47. The molecule has 2 aliphatic rings. The van der Waals surface area contributed by atoms with Crippen LogP contribution in [0.5, 0.6) is 0 Å². The quantitative estimate of drug-likeness (QED) is 0.901. The van der Waals surface area contributed by atoms with Crippen LogP contribution in [-0.2, 0) is 11.2 Å². The van der Waals surface area contributed by atoms with E-state index in [4.69, 9.17) is 0 Å². The number of rotatable bonds is 3. The van der Waals surface area contributed by atoms with Crippen LogP contribution in [-0.4, -0.2) is 41.5 Å². The largest absolute Gasteiger partial charge is 0.353 e. The molecule has 0 saturated carbocycles. The third-order valence-electron chi connectivity index (χ3n) is 5.68. The second-order valence-electron chi connectivity index (χ2n) is 7.35. The molecule has 1 aromatic carbocycles. The summed E-state index contributed by atoms with van der Waals surface area (Å²) in [4.78, 5) is 17.7. The highest BCUT2D eigenvalue weighted by molar-refractivity contribution is 5.99. The van der Waals surface area contributed by atoms with Crippen LogP contribution in [0.1, 0.15) is 31.4 Å². The Kier molecular flexibility index (Phi) is 3.91. The first-order valence-electron chi connectivity index (χ1n) is 9.01. The number of halogens is 1. The number of aromatic amines is 1. The topological polar surface area (TPSA) is 48.1 Å². The number of nitrogens with one attached hydrogen (secondary N) is 2. The van der Waals surface area contributed by atoms with Crippen molar-refractivity contribution in [1.82, 2.24) is 15.2 Å². The predicted octanol–water partition coefficient (Wildman–Crippen LogP) is 3.09. The minimum Gasteiger partial charge on any atom is -0.353 e. The number of hydrogen-bond donors (Lipinski definition) is 2. The van der Waals surface area contributed by atoms with Gasteiger partial charge in [0.05, 0.1) is 5.92 Å². The fourth-order valence-electron chi connectivity index (χ4n) is 4.11. The molecule has 0 saturated heterocycles. The SMILES string of the molecule is CCC(C)NC(=O)[C@@H]1C=C2c3cccc4[nH]c(F)c(c34)CC2N(C)C1. The molecule has 1 aromatic heterocycles. The number of aromatic nitrogens is 1. The molecule has 0 fully saturated rings. The summed E-state index contributed by atoms with van der Waals surface area (Å²) in [6, 6.07) is 6.19. The van der Waals surface area contributed by atoms with Gasteiger partial charge in [0.25, 0.3) is 0 Å². The highest BCUT2D eigenvalue weighted by Gasteiger charge is 2.36. The van der Waals surface area contributed by atoms with Crippen LogP contribution in [0.4, 0.5) is 4.39 Å². The molecule has 3 atom stereocenters. The minimum absolute atomic E-state index is 0.0744. The number of likely N-dealkylation sites (N-methyl/N-ethyl adjacent to an activating group) is 1. The number of fused-ring (bicyclic) bond motifs is 2. The first-order chi connectivity index (χ1) is 12.0. The van der Waals surface area contributed by atoms with Gasteiger partial charge in [-0.05, 0) is 44.0 Å². The lowest BCUT2D eigenvalue weighted by molar-refractivity contribution is -0.124. The van der Waals surface area contributed by atoms with E-state index in [9.17, 15) is 9.18 Å². The molecule has 0 spiro atoms. The fraction of sp³-hybridized carbons (Fsp3) is 0.450. The average molecular weight is 341 g/mol. The van der Waals surface area contributed by atoms with Gasteiger partial charge in [-0.25, -0.2) is 0 Å². The third-order valence-corrected chi connectivity index (χ3v) is 5.68. The highest BCUT2D eigenvalue weighted by Crippen LogP contribution is 2.41. The van der Waals surface area contributed by atoms with Crippen molar-refractivity contribution in [2.24, 2.45) is 5.92 Å². The molecule has 4 nitrogen and oxygen atoms in total. The Bertz CT molecular complexity index is 869. The van der Waals surface area contributed by atoms with E-state index in [-0.39, 0.29) is 29.9 Å². The summed E-state index contributed by atoms with van der Waals surface area (Å²) in [5.41, 5.74) is 3.80. The zero-order valence-electron chi connectivity index (χ0n) is 14.9. The lowest BCUT2D eigenvalue weighted by Gasteiger charge is -2.39. The van der Waals surface area contributed by atoms with E-state index >= 15 is 0 Å². The van der Waals surface area contributed by atoms with Gasteiger partial charge >= 0.3 is 0 Å². The fourth-order valence-corrected chi connectivity index (χ4v) is 4.11. The average Bonchev–Trinajstić information content (AvgIpc) is 2.92. The second-order valence-corrected chi connectivity index (χ2v) is 7.35. The number of hydrogen-bond acceptors (Lipinski definition) is 2. The van der Waals surface area contributed by atoms with Gasteiger partial charge in [0.1, 0.15) is 0 Å². The summed E-state index contributed by atoms with van der Waals surface area (Å²) in [5.74, 6) is -0.331. The summed E-state index contributed by atoms with van der Waals surface area (Å²) < 4.78 is 14.3. The zero-order valence-corrected chi connectivity index (χ0v) is 14.9. The summed E-state index contributed by atoms with van der Waals surface area (Å²) in [7, 11) is 2.02. The molecule has 1 aliphatic carbocycles. The van der Waals surface area contributed by atoms with Crippen molar-refractivity contribution < 1.29 is 9.18 Å². The molecule has 2 unspecified atom stereocenters. The van der Waals surface area contributed by atoms with E-state index in [2.05, 4.69) is 28.2 Å². The van der Waals surface area contributed by atoms with Crippen molar-refractivity contribution in [3.05, 3.63) is 41.3 Å². The standard InChI is InChI=1S/C20H24FN3O/c1-4-11(2)22-20(25)12-8-14-13-6-5-7-16-18(13)15(19(21)23-16)9-17(14)24(3)10-12/h5-8,11-12,17,23H,4,9-10H2,1-3H3,(H,22,25)/t11?,12-,17?/m1/s1. The van der Waals surface area contributed by atoms with Crippen molar-refractivity contribution in [3.8, 4) is 0 Å². The molecule has 25 heavy (non-hydrogen) atoms. The first-order valence-corrected chi connectivity index (χ1v) is 9.01. The Hall–Kier alpha value is -2.14. The summed E-state index contributed by atoms with van der Waals surface area (Å²) in [6.07, 6.45) is 3.66. The molecule has 0 bridgehead atoms. The first kappa shape index (κ1) is 16.3. The Morgan fingerprint density at radius 1 is 1.48 bits per heavy atom. The van der Waals surface area contributed by atoms with Crippen LogP contribution in [0.2, 0.25) is 0 Å². The van der Waals surface area contributed by atoms with Gasteiger partial charge in [0.2, 0.25) is 5.91 Å². The number of carbonyl (C=O) groups excluding carboxylic acids is 1. The Morgan fingerprint density at radius 2 is 2.28 bits per heavy atom. The molecule has 5 heteroatoms. The number of carbonyl (C=O) groups is 1. The number of H-pyrrole nitrogens is 1. The van der Waals surface area contributed by atoms with Gasteiger partial charge in [-0.15, -0.1) is 0 Å². The van der Waals surface area contributed by atoms with E-state index in [0.717, 1.165) is 34.0 Å². The number of nitrogens with zero attached hydrogens (tertiary/aromatic N) is 1. The van der Waals surface area contributed by atoms with Crippen molar-refractivity contribution in [1.29, 1.82) is 0 Å². The number of benzene rings is 1. The molecule has 1 aliphatic heterocycles. The van der Waals surface area contributed by atoms with Crippen molar-refractivity contribution in [2.45, 2.75) is 38.8 Å². The van der Waals surface area contributed by atoms with Crippen LogP contribution in [0.15, 0.2) is 24.3 Å². The molecule has 4 rings (SSSR count). The summed E-state index contributed by atoms with van der Waals surface area (Å²) >= 11 is 0. The predicted molar refractivity (Wildman–Crippen MR) is 97.7 cm³/mol. The van der Waals surface area contributed by atoms with Gasteiger partial charge in [0.15, 0.2) is 5.95 Å².